The number of hydrogen-bond donors (Lipinski definition) is 2. The molecule has 2 N–H and O–H groups in total. The lowest BCUT2D eigenvalue weighted by Crippen LogP contribution is -2.56. The summed E-state index contributed by atoms with van der Waals surface area (Å²) in [6.45, 7) is 0.649. The zero-order chi connectivity index (χ0) is 41.8. The van der Waals surface area contributed by atoms with Gasteiger partial charge < -0.3 is 29.5 Å². The number of carbonyl (C=O) groups is 3. The number of carbonyl (C=O) groups excluding carboxylic acids is 2. The molecule has 0 radical (unpaired) electrons. The van der Waals surface area contributed by atoms with Crippen LogP contribution in [0, 0.1) is 11.3 Å². The quantitative estimate of drug-likeness (QED) is 0.132. The van der Waals surface area contributed by atoms with Gasteiger partial charge in [-0.3, -0.25) is 9.59 Å². The second-order valence-corrected chi connectivity index (χ2v) is 15.4. The maximum atomic E-state index is 14.1. The van der Waals surface area contributed by atoms with Crippen LogP contribution in [0.1, 0.15) is 49.8 Å². The van der Waals surface area contributed by atoms with Gasteiger partial charge in [0.1, 0.15) is 31.0 Å². The number of benzene rings is 6. The standard InChI is InChI=1S/C48H37Cl2N3O7/c49-39-19-10-31(20-40(39)50)27-58-38-17-15-34(16-18-38)45-28-59-43-23-36-22-42(53(26-37(36)24-44(43)60-45)47(55)35-4-2-1-3-5-35)46(54)52-41(48(56)57)21-29-6-11-32(12-7-29)33-13-8-30(25-51)9-14-33/h1-20,23-24,41-42,45H,21-22,26-28H2,(H,52,54)(H,56,57)/t41-,42?,45+/m0/s1. The molecule has 1 unspecified atom stereocenters. The maximum absolute atomic E-state index is 14.1. The third kappa shape index (κ3) is 8.93. The first kappa shape index (κ1) is 40.0. The van der Waals surface area contributed by atoms with Crippen LogP contribution in [0.2, 0.25) is 10.0 Å². The van der Waals surface area contributed by atoms with E-state index in [4.69, 9.17) is 42.7 Å². The van der Waals surface area contributed by atoms with E-state index in [0.29, 0.717) is 50.6 Å². The minimum Gasteiger partial charge on any atom is -0.489 e. The fraction of sp³-hybridized carbons (Fsp3) is 0.167. The van der Waals surface area contributed by atoms with Crippen LogP contribution in [0.3, 0.4) is 0 Å². The molecule has 6 aromatic rings. The minimum atomic E-state index is -1.26. The number of halogens is 2. The molecule has 0 fully saturated rings. The van der Waals surface area contributed by atoms with Crippen LogP contribution in [-0.4, -0.2) is 46.5 Å². The van der Waals surface area contributed by atoms with Crippen molar-refractivity contribution in [1.29, 1.82) is 5.26 Å². The zero-order valence-corrected chi connectivity index (χ0v) is 33.5. The van der Waals surface area contributed by atoms with Gasteiger partial charge >= 0.3 is 5.97 Å². The number of carboxylic acids is 1. The third-order valence-electron chi connectivity index (χ3n) is 10.6. The average molecular weight is 839 g/mol. The number of fused-ring (bicyclic) bond motifs is 2. The molecule has 12 heteroatoms. The minimum absolute atomic E-state index is 0.0268. The molecule has 2 aliphatic rings. The van der Waals surface area contributed by atoms with E-state index < -0.39 is 30.1 Å². The molecule has 0 aliphatic carbocycles. The smallest absolute Gasteiger partial charge is 0.326 e. The van der Waals surface area contributed by atoms with Gasteiger partial charge in [0, 0.05) is 24.9 Å². The van der Waals surface area contributed by atoms with Gasteiger partial charge in [-0.05, 0) is 99.6 Å². The summed E-state index contributed by atoms with van der Waals surface area (Å²) in [5, 5.41) is 23.0. The molecule has 6 aromatic carbocycles. The molecule has 2 heterocycles. The van der Waals surface area contributed by atoms with Gasteiger partial charge in [0.15, 0.2) is 17.6 Å². The van der Waals surface area contributed by atoms with E-state index in [-0.39, 0.29) is 31.9 Å². The highest BCUT2D eigenvalue weighted by Crippen LogP contribution is 2.41. The van der Waals surface area contributed by atoms with Gasteiger partial charge in [-0.2, -0.15) is 5.26 Å². The topological polar surface area (TPSA) is 138 Å². The molecule has 0 aromatic heterocycles. The van der Waals surface area contributed by atoms with Crippen molar-refractivity contribution in [3.8, 4) is 34.4 Å². The molecular weight excluding hydrogens is 801 g/mol. The molecule has 0 spiro atoms. The molecule has 0 bridgehead atoms. The average Bonchev–Trinajstić information content (AvgIpc) is 3.28. The van der Waals surface area contributed by atoms with E-state index in [9.17, 15) is 19.5 Å². The Morgan fingerprint density at radius 3 is 2.18 bits per heavy atom. The molecule has 2 aliphatic heterocycles. The largest absolute Gasteiger partial charge is 0.489 e. The molecule has 60 heavy (non-hydrogen) atoms. The summed E-state index contributed by atoms with van der Waals surface area (Å²) in [6, 6.07) is 39.7. The van der Waals surface area contributed by atoms with E-state index in [1.165, 1.54) is 4.90 Å². The number of nitrogens with one attached hydrogen (secondary N) is 1. The number of hydrogen-bond acceptors (Lipinski definition) is 7. The summed E-state index contributed by atoms with van der Waals surface area (Å²) in [6.07, 6.45) is -0.252. The van der Waals surface area contributed by atoms with Gasteiger partial charge in [0.25, 0.3) is 5.91 Å². The SMILES string of the molecule is N#Cc1ccc(-c2ccc(C[C@H](NC(=O)C3Cc4cc5c(cc4CN3C(=O)c3ccccc3)O[C@@H](c3ccc(OCc4ccc(Cl)c(Cl)c4)cc3)CO5)C(=O)O)cc2)cc1. The fourth-order valence-electron chi connectivity index (χ4n) is 7.36. The number of nitrogens with zero attached hydrogens (tertiary/aromatic N) is 2. The van der Waals surface area contributed by atoms with Crippen molar-refractivity contribution >= 4 is 41.0 Å². The van der Waals surface area contributed by atoms with E-state index in [2.05, 4.69) is 11.4 Å². The summed E-state index contributed by atoms with van der Waals surface area (Å²) < 4.78 is 18.6. The van der Waals surface area contributed by atoms with Crippen molar-refractivity contribution in [2.24, 2.45) is 0 Å². The summed E-state index contributed by atoms with van der Waals surface area (Å²) in [5.41, 5.74) is 6.83. The molecule has 10 nitrogen and oxygen atoms in total. The van der Waals surface area contributed by atoms with Gasteiger partial charge in [-0.1, -0.05) is 96.0 Å². The Hall–Kier alpha value is -6.80. The number of ether oxygens (including phenoxy) is 3. The van der Waals surface area contributed by atoms with E-state index in [0.717, 1.165) is 33.4 Å². The zero-order valence-electron chi connectivity index (χ0n) is 32.0. The number of carboxylic acid groups (broad SMARTS) is 1. The summed E-state index contributed by atoms with van der Waals surface area (Å²) >= 11 is 12.2. The van der Waals surface area contributed by atoms with Crippen LogP contribution in [0.4, 0.5) is 0 Å². The van der Waals surface area contributed by atoms with Gasteiger partial charge in [0.2, 0.25) is 5.91 Å². The first-order valence-corrected chi connectivity index (χ1v) is 20.0. The molecular formula is C48H37Cl2N3O7. The highest BCUT2D eigenvalue weighted by molar-refractivity contribution is 6.42. The Balaban J connectivity index is 0.974. The Morgan fingerprint density at radius 1 is 0.817 bits per heavy atom. The maximum Gasteiger partial charge on any atom is 0.326 e. The van der Waals surface area contributed by atoms with Gasteiger partial charge in [0.05, 0.1) is 21.7 Å². The lowest BCUT2D eigenvalue weighted by Gasteiger charge is -2.37. The lowest BCUT2D eigenvalue weighted by atomic mass is 9.91. The van der Waals surface area contributed by atoms with Crippen molar-refractivity contribution in [3.05, 3.63) is 182 Å². The third-order valence-corrected chi connectivity index (χ3v) is 11.4. The number of rotatable bonds is 11. The number of aliphatic carboxylic acids is 1. The van der Waals surface area contributed by atoms with Crippen LogP contribution in [-0.2, 0) is 35.6 Å². The predicted octanol–water partition coefficient (Wildman–Crippen LogP) is 9.00. The van der Waals surface area contributed by atoms with Gasteiger partial charge in [-0.15, -0.1) is 0 Å². The lowest BCUT2D eigenvalue weighted by molar-refractivity contribution is -0.142. The Morgan fingerprint density at radius 2 is 1.50 bits per heavy atom. The summed E-state index contributed by atoms with van der Waals surface area (Å²) in [5.74, 6) is -0.442. The Labute approximate surface area is 356 Å². The van der Waals surface area contributed by atoms with Crippen LogP contribution in [0.25, 0.3) is 11.1 Å². The normalized spacial score (nSPS) is 15.8. The highest BCUT2D eigenvalue weighted by Gasteiger charge is 2.38. The summed E-state index contributed by atoms with van der Waals surface area (Å²) in [7, 11) is 0. The van der Waals surface area contributed by atoms with Crippen LogP contribution in [0.5, 0.6) is 17.2 Å². The fourth-order valence-corrected chi connectivity index (χ4v) is 7.68. The molecule has 0 saturated carbocycles. The number of nitriles is 1. The van der Waals surface area contributed by atoms with Gasteiger partial charge in [-0.25, -0.2) is 4.79 Å². The highest BCUT2D eigenvalue weighted by atomic mass is 35.5. The van der Waals surface area contributed by atoms with E-state index in [1.807, 2.05) is 78.9 Å². The van der Waals surface area contributed by atoms with Crippen LogP contribution in [0.15, 0.2) is 133 Å². The molecule has 8 rings (SSSR count). The Bertz CT molecular complexity index is 2600. The van der Waals surface area contributed by atoms with Crippen molar-refractivity contribution < 1.29 is 33.7 Å². The number of amides is 2. The molecule has 2 amide bonds. The Kier molecular flexibility index (Phi) is 11.7. The van der Waals surface area contributed by atoms with Crippen molar-refractivity contribution in [1.82, 2.24) is 10.2 Å². The first-order valence-electron chi connectivity index (χ1n) is 19.2. The second kappa shape index (κ2) is 17.6. The van der Waals surface area contributed by atoms with E-state index in [1.54, 1.807) is 54.6 Å². The van der Waals surface area contributed by atoms with Crippen molar-refractivity contribution in [2.45, 2.75) is 44.2 Å². The first-order chi connectivity index (χ1) is 29.1. The molecule has 0 saturated heterocycles. The predicted molar refractivity (Wildman–Crippen MR) is 226 cm³/mol. The summed E-state index contributed by atoms with van der Waals surface area (Å²) in [4.78, 5) is 42.2. The van der Waals surface area contributed by atoms with Crippen molar-refractivity contribution in [2.75, 3.05) is 6.61 Å². The van der Waals surface area contributed by atoms with Crippen LogP contribution < -0.4 is 19.5 Å². The molecule has 300 valence electrons. The van der Waals surface area contributed by atoms with Crippen molar-refractivity contribution in [3.63, 3.8) is 0 Å². The molecule has 3 atom stereocenters. The monoisotopic (exact) mass is 837 g/mol. The second-order valence-electron chi connectivity index (χ2n) is 14.6. The van der Waals surface area contributed by atoms with Crippen LogP contribution >= 0.6 is 23.2 Å². The van der Waals surface area contributed by atoms with E-state index >= 15 is 0 Å².